The van der Waals surface area contributed by atoms with Crippen LogP contribution in [-0.4, -0.2) is 24.0 Å². The highest BCUT2D eigenvalue weighted by molar-refractivity contribution is 14.0. The maximum absolute atomic E-state index is 4.66. The lowest BCUT2D eigenvalue weighted by molar-refractivity contribution is 0.581. The van der Waals surface area contributed by atoms with Crippen molar-refractivity contribution in [1.82, 2.24) is 15.6 Å². The van der Waals surface area contributed by atoms with Gasteiger partial charge < -0.3 is 10.6 Å². The van der Waals surface area contributed by atoms with E-state index >= 15 is 0 Å². The first-order valence-corrected chi connectivity index (χ1v) is 7.66. The van der Waals surface area contributed by atoms with Crippen molar-refractivity contribution in [3.8, 4) is 0 Å². The Labute approximate surface area is 143 Å². The van der Waals surface area contributed by atoms with E-state index in [-0.39, 0.29) is 29.4 Å². The van der Waals surface area contributed by atoms with Crippen LogP contribution in [0.25, 0.3) is 0 Å². The molecule has 0 aliphatic carbocycles. The van der Waals surface area contributed by atoms with Crippen LogP contribution in [0.1, 0.15) is 51.7 Å². The fraction of sp³-hybridized carbons (Fsp3) is 0.714. The molecule has 1 aromatic rings. The van der Waals surface area contributed by atoms with Gasteiger partial charge in [0.25, 0.3) is 0 Å². The maximum Gasteiger partial charge on any atom is 0.191 e. The lowest BCUT2D eigenvalue weighted by atomic mass is 9.98. The third-order valence-corrected chi connectivity index (χ3v) is 4.17. The largest absolute Gasteiger partial charge is 0.354 e. The molecule has 0 fully saturated rings. The summed E-state index contributed by atoms with van der Waals surface area (Å²) in [6.07, 6.45) is 1.07. The molecule has 0 aromatic carbocycles. The molecule has 0 aliphatic rings. The monoisotopic (exact) mass is 410 g/mol. The van der Waals surface area contributed by atoms with Crippen LogP contribution in [0.5, 0.6) is 0 Å². The Kier molecular flexibility index (Phi) is 8.65. The minimum atomic E-state index is 0. The third-order valence-electron chi connectivity index (χ3n) is 2.85. The van der Waals surface area contributed by atoms with Gasteiger partial charge in [-0.2, -0.15) is 0 Å². The number of hydrogen-bond donors (Lipinski definition) is 2. The predicted octanol–water partition coefficient (Wildman–Crippen LogP) is 3.52. The molecule has 1 unspecified atom stereocenters. The van der Waals surface area contributed by atoms with Crippen LogP contribution in [0.2, 0.25) is 0 Å². The number of aliphatic imine (C=N–C) groups is 1. The Morgan fingerprint density at radius 1 is 1.45 bits per heavy atom. The first kappa shape index (κ1) is 19.6. The van der Waals surface area contributed by atoms with Crippen LogP contribution < -0.4 is 10.6 Å². The molecule has 1 heterocycles. The van der Waals surface area contributed by atoms with Gasteiger partial charge in [-0.15, -0.1) is 35.3 Å². The number of nitrogens with one attached hydrogen (secondary N) is 2. The Balaban J connectivity index is 0.00000361. The highest BCUT2D eigenvalue weighted by Gasteiger charge is 2.17. The second kappa shape index (κ2) is 8.81. The van der Waals surface area contributed by atoms with Crippen LogP contribution in [0.4, 0.5) is 0 Å². The Hall–Kier alpha value is -0.370. The fourth-order valence-electron chi connectivity index (χ4n) is 1.44. The number of hydrogen-bond acceptors (Lipinski definition) is 3. The molecule has 0 amide bonds. The molecule has 116 valence electrons. The number of halogens is 1. The Bertz CT molecular complexity index is 423. The van der Waals surface area contributed by atoms with Crippen molar-refractivity contribution < 1.29 is 0 Å². The second-order valence-electron chi connectivity index (χ2n) is 5.77. The number of aromatic nitrogens is 1. The van der Waals surface area contributed by atoms with Crippen molar-refractivity contribution in [2.24, 2.45) is 4.99 Å². The zero-order chi connectivity index (χ0) is 14.5. The summed E-state index contributed by atoms with van der Waals surface area (Å²) in [5.41, 5.74) is 1.20. The van der Waals surface area contributed by atoms with Gasteiger partial charge in [0.1, 0.15) is 0 Å². The summed E-state index contributed by atoms with van der Waals surface area (Å²) in [5, 5.41) is 9.93. The van der Waals surface area contributed by atoms with E-state index < -0.39 is 0 Å². The molecular weight excluding hydrogens is 383 g/mol. The predicted molar refractivity (Wildman–Crippen MR) is 99.3 cm³/mol. The second-order valence-corrected chi connectivity index (χ2v) is 6.63. The molecule has 20 heavy (non-hydrogen) atoms. The zero-order valence-electron chi connectivity index (χ0n) is 13.3. The lowest BCUT2D eigenvalue weighted by Crippen LogP contribution is -2.41. The summed E-state index contributed by atoms with van der Waals surface area (Å²) < 4.78 is 0. The zero-order valence-corrected chi connectivity index (χ0v) is 16.4. The molecule has 0 bridgehead atoms. The molecule has 0 aliphatic heterocycles. The Morgan fingerprint density at radius 3 is 2.55 bits per heavy atom. The van der Waals surface area contributed by atoms with Gasteiger partial charge in [-0.1, -0.05) is 27.7 Å². The van der Waals surface area contributed by atoms with Gasteiger partial charge in [-0.05, 0) is 13.3 Å². The summed E-state index contributed by atoms with van der Waals surface area (Å²) in [6.45, 7) is 11.6. The van der Waals surface area contributed by atoms with Gasteiger partial charge in [0.2, 0.25) is 0 Å². The highest BCUT2D eigenvalue weighted by atomic mass is 127. The van der Waals surface area contributed by atoms with Gasteiger partial charge in [0, 0.05) is 23.9 Å². The van der Waals surface area contributed by atoms with Crippen LogP contribution in [0.3, 0.4) is 0 Å². The summed E-state index contributed by atoms with van der Waals surface area (Å²) in [5.74, 6) is 0.833. The van der Waals surface area contributed by atoms with Gasteiger partial charge in [-0.3, -0.25) is 4.99 Å². The van der Waals surface area contributed by atoms with Gasteiger partial charge in [-0.25, -0.2) is 4.98 Å². The van der Waals surface area contributed by atoms with E-state index in [9.17, 15) is 0 Å². The lowest BCUT2D eigenvalue weighted by Gasteiger charge is -2.16. The SMILES string of the molecule is CCC(C)NC(=NC)NCc1csc(C(C)(C)C)n1.I. The molecule has 6 heteroatoms. The molecule has 0 radical (unpaired) electrons. The molecular formula is C14H27IN4S. The summed E-state index contributed by atoms with van der Waals surface area (Å²) >= 11 is 1.72. The van der Waals surface area contributed by atoms with Crippen molar-refractivity contribution in [2.45, 2.75) is 59.0 Å². The Morgan fingerprint density at radius 2 is 2.10 bits per heavy atom. The van der Waals surface area contributed by atoms with Gasteiger partial charge in [0.05, 0.1) is 17.2 Å². The fourth-order valence-corrected chi connectivity index (χ4v) is 2.34. The van der Waals surface area contributed by atoms with E-state index in [1.165, 1.54) is 5.01 Å². The van der Waals surface area contributed by atoms with E-state index in [1.807, 2.05) is 0 Å². The van der Waals surface area contributed by atoms with Gasteiger partial charge >= 0.3 is 0 Å². The van der Waals surface area contributed by atoms with E-state index in [2.05, 4.69) is 60.6 Å². The van der Waals surface area contributed by atoms with Crippen LogP contribution in [-0.2, 0) is 12.0 Å². The van der Waals surface area contributed by atoms with Gasteiger partial charge in [0.15, 0.2) is 5.96 Å². The van der Waals surface area contributed by atoms with Crippen molar-refractivity contribution >= 4 is 41.3 Å². The molecule has 2 N–H and O–H groups in total. The summed E-state index contributed by atoms with van der Waals surface area (Å²) in [6, 6.07) is 0.423. The first-order chi connectivity index (χ1) is 8.86. The van der Waals surface area contributed by atoms with Crippen LogP contribution in [0.15, 0.2) is 10.4 Å². The molecule has 0 saturated heterocycles. The average Bonchev–Trinajstić information content (AvgIpc) is 2.82. The molecule has 0 spiro atoms. The maximum atomic E-state index is 4.66. The van der Waals surface area contributed by atoms with E-state index in [0.717, 1.165) is 18.1 Å². The minimum absolute atomic E-state index is 0. The summed E-state index contributed by atoms with van der Waals surface area (Å²) in [7, 11) is 1.79. The molecule has 1 atom stereocenters. The standard InChI is InChI=1S/C14H26N4S.HI/c1-7-10(2)17-13(15-6)16-8-11-9-19-12(18-11)14(3,4)5;/h9-10H,7-8H2,1-6H3,(H2,15,16,17);1H. The van der Waals surface area contributed by atoms with Crippen LogP contribution >= 0.6 is 35.3 Å². The van der Waals surface area contributed by atoms with Crippen molar-refractivity contribution in [1.29, 1.82) is 0 Å². The van der Waals surface area contributed by atoms with E-state index in [0.29, 0.717) is 12.6 Å². The highest BCUT2D eigenvalue weighted by Crippen LogP contribution is 2.25. The van der Waals surface area contributed by atoms with E-state index in [4.69, 9.17) is 0 Å². The van der Waals surface area contributed by atoms with Crippen molar-refractivity contribution in [3.05, 3.63) is 16.1 Å². The third kappa shape index (κ3) is 6.39. The number of rotatable bonds is 4. The molecule has 1 rings (SSSR count). The van der Waals surface area contributed by atoms with Crippen molar-refractivity contribution in [3.63, 3.8) is 0 Å². The molecule has 4 nitrogen and oxygen atoms in total. The normalized spacial score (nSPS) is 13.6. The number of nitrogens with zero attached hydrogens (tertiary/aromatic N) is 2. The summed E-state index contributed by atoms with van der Waals surface area (Å²) in [4.78, 5) is 8.88. The quantitative estimate of drug-likeness (QED) is 0.454. The van der Waals surface area contributed by atoms with E-state index in [1.54, 1.807) is 18.4 Å². The average molecular weight is 410 g/mol. The number of guanidine groups is 1. The molecule has 0 saturated carbocycles. The smallest absolute Gasteiger partial charge is 0.191 e. The first-order valence-electron chi connectivity index (χ1n) is 6.79. The topological polar surface area (TPSA) is 49.3 Å². The number of thiazole rings is 1. The minimum Gasteiger partial charge on any atom is -0.354 e. The van der Waals surface area contributed by atoms with Crippen LogP contribution in [0, 0.1) is 0 Å². The molecule has 1 aromatic heterocycles. The van der Waals surface area contributed by atoms with Crippen molar-refractivity contribution in [2.75, 3.05) is 7.05 Å².